The monoisotopic (exact) mass is 282 g/mol. The Morgan fingerprint density at radius 3 is 2.50 bits per heavy atom. The van der Waals surface area contributed by atoms with Crippen molar-refractivity contribution in [3.05, 3.63) is 30.1 Å². The number of carboxylic acids is 1. The number of carbonyl (C=O) groups excluding carboxylic acids is 1. The zero-order chi connectivity index (χ0) is 15.0. The summed E-state index contributed by atoms with van der Waals surface area (Å²) in [5.74, 6) is -1.32. The number of nitrogens with one attached hydrogen (secondary N) is 1. The molecule has 0 aliphatic rings. The van der Waals surface area contributed by atoms with Crippen molar-refractivity contribution in [2.75, 3.05) is 24.5 Å². The van der Waals surface area contributed by atoms with E-state index in [0.717, 1.165) is 0 Å². The van der Waals surface area contributed by atoms with Crippen LogP contribution in [0.2, 0.25) is 0 Å². The fraction of sp³-hybridized carbons (Fsp3) is 0.429. The summed E-state index contributed by atoms with van der Waals surface area (Å²) >= 11 is 0. The fourth-order valence-corrected chi connectivity index (χ4v) is 1.78. The zero-order valence-electron chi connectivity index (χ0n) is 11.4. The normalized spacial score (nSPS) is 10.3. The van der Waals surface area contributed by atoms with Gasteiger partial charge in [-0.05, 0) is 44.2 Å². The third kappa shape index (κ3) is 5.36. The predicted octanol–water partition coefficient (Wildman–Crippen LogP) is 1.63. The summed E-state index contributed by atoms with van der Waals surface area (Å²) in [7, 11) is 0. The summed E-state index contributed by atoms with van der Waals surface area (Å²) in [4.78, 5) is 23.9. The minimum absolute atomic E-state index is 0.0800. The van der Waals surface area contributed by atoms with E-state index in [4.69, 9.17) is 5.11 Å². The number of rotatable bonds is 8. The standard InChI is InChI=1S/C14H19FN2O3/c1-2-17(12-7-5-11(15)6-8-12)13(18)10-16-9-3-4-14(19)20/h5-8,16H,2-4,9-10H2,1H3,(H,19,20). The van der Waals surface area contributed by atoms with Crippen molar-refractivity contribution in [2.45, 2.75) is 19.8 Å². The molecule has 0 aromatic heterocycles. The Balaban J connectivity index is 2.43. The Hall–Kier alpha value is -1.95. The van der Waals surface area contributed by atoms with Gasteiger partial charge in [-0.3, -0.25) is 9.59 Å². The summed E-state index contributed by atoms with van der Waals surface area (Å²) < 4.78 is 12.8. The molecule has 6 heteroatoms. The highest BCUT2D eigenvalue weighted by Crippen LogP contribution is 2.14. The van der Waals surface area contributed by atoms with Gasteiger partial charge >= 0.3 is 5.97 Å². The zero-order valence-corrected chi connectivity index (χ0v) is 11.4. The first-order valence-corrected chi connectivity index (χ1v) is 6.53. The molecule has 5 nitrogen and oxygen atoms in total. The molecule has 0 fully saturated rings. The first-order chi connectivity index (χ1) is 9.54. The number of amides is 1. The van der Waals surface area contributed by atoms with Crippen molar-refractivity contribution in [1.29, 1.82) is 0 Å². The number of nitrogens with zero attached hydrogens (tertiary/aromatic N) is 1. The van der Waals surface area contributed by atoms with Crippen LogP contribution in [0.3, 0.4) is 0 Å². The average molecular weight is 282 g/mol. The molecule has 0 aliphatic heterocycles. The molecule has 110 valence electrons. The van der Waals surface area contributed by atoms with Gasteiger partial charge in [-0.25, -0.2) is 4.39 Å². The molecule has 1 amide bonds. The molecule has 0 heterocycles. The Kier molecular flexibility index (Phi) is 6.66. The third-order valence-electron chi connectivity index (χ3n) is 2.78. The van der Waals surface area contributed by atoms with Gasteiger partial charge in [-0.2, -0.15) is 0 Å². The van der Waals surface area contributed by atoms with E-state index < -0.39 is 5.97 Å². The van der Waals surface area contributed by atoms with Gasteiger partial charge in [0.2, 0.25) is 5.91 Å². The van der Waals surface area contributed by atoms with Gasteiger partial charge in [-0.15, -0.1) is 0 Å². The van der Waals surface area contributed by atoms with Crippen LogP contribution in [0.1, 0.15) is 19.8 Å². The van der Waals surface area contributed by atoms with E-state index in [1.807, 2.05) is 6.92 Å². The molecule has 20 heavy (non-hydrogen) atoms. The van der Waals surface area contributed by atoms with Gasteiger partial charge in [0.1, 0.15) is 5.82 Å². The van der Waals surface area contributed by atoms with Gasteiger partial charge < -0.3 is 15.3 Å². The van der Waals surface area contributed by atoms with Gasteiger partial charge in [0.05, 0.1) is 6.54 Å². The van der Waals surface area contributed by atoms with E-state index in [-0.39, 0.29) is 24.7 Å². The van der Waals surface area contributed by atoms with Crippen LogP contribution in [0.4, 0.5) is 10.1 Å². The van der Waals surface area contributed by atoms with Crippen molar-refractivity contribution in [3.8, 4) is 0 Å². The molecule has 2 N–H and O–H groups in total. The molecular weight excluding hydrogens is 263 g/mol. The topological polar surface area (TPSA) is 69.6 Å². The van der Waals surface area contributed by atoms with Crippen molar-refractivity contribution in [1.82, 2.24) is 5.32 Å². The number of carboxylic acid groups (broad SMARTS) is 1. The van der Waals surface area contributed by atoms with Crippen molar-refractivity contribution >= 4 is 17.6 Å². The first-order valence-electron chi connectivity index (χ1n) is 6.53. The number of carbonyl (C=O) groups is 2. The van der Waals surface area contributed by atoms with Crippen LogP contribution < -0.4 is 10.2 Å². The van der Waals surface area contributed by atoms with Crippen LogP contribution in [-0.4, -0.2) is 36.6 Å². The summed E-state index contributed by atoms with van der Waals surface area (Å²) in [6.45, 7) is 2.93. The average Bonchev–Trinajstić information content (AvgIpc) is 2.41. The van der Waals surface area contributed by atoms with Crippen LogP contribution in [-0.2, 0) is 9.59 Å². The van der Waals surface area contributed by atoms with E-state index >= 15 is 0 Å². The first kappa shape index (κ1) is 16.1. The van der Waals surface area contributed by atoms with Crippen LogP contribution in [0.25, 0.3) is 0 Å². The molecule has 1 aromatic rings. The molecule has 0 saturated heterocycles. The molecule has 0 spiro atoms. The van der Waals surface area contributed by atoms with Crippen LogP contribution in [0, 0.1) is 5.82 Å². The summed E-state index contributed by atoms with van der Waals surface area (Å²) in [6, 6.07) is 5.74. The van der Waals surface area contributed by atoms with Crippen molar-refractivity contribution in [3.63, 3.8) is 0 Å². The van der Waals surface area contributed by atoms with E-state index in [9.17, 15) is 14.0 Å². The predicted molar refractivity (Wildman–Crippen MR) is 74.2 cm³/mol. The second-order valence-corrected chi connectivity index (χ2v) is 4.29. The van der Waals surface area contributed by atoms with Gasteiger partial charge in [0, 0.05) is 18.7 Å². The number of hydrogen-bond donors (Lipinski definition) is 2. The third-order valence-corrected chi connectivity index (χ3v) is 2.78. The minimum atomic E-state index is -0.848. The quantitative estimate of drug-likeness (QED) is 0.711. The fourth-order valence-electron chi connectivity index (χ4n) is 1.78. The van der Waals surface area contributed by atoms with E-state index in [2.05, 4.69) is 5.32 Å². The smallest absolute Gasteiger partial charge is 0.303 e. The highest BCUT2D eigenvalue weighted by Gasteiger charge is 2.13. The largest absolute Gasteiger partial charge is 0.481 e. The Morgan fingerprint density at radius 2 is 1.95 bits per heavy atom. The number of aliphatic carboxylic acids is 1. The molecule has 1 aromatic carbocycles. The van der Waals surface area contributed by atoms with Crippen LogP contribution >= 0.6 is 0 Å². The van der Waals surface area contributed by atoms with Crippen molar-refractivity contribution in [2.24, 2.45) is 0 Å². The van der Waals surface area contributed by atoms with E-state index in [1.165, 1.54) is 12.1 Å². The summed E-state index contributed by atoms with van der Waals surface area (Å²) in [5.41, 5.74) is 0.645. The van der Waals surface area contributed by atoms with Gasteiger partial charge in [0.15, 0.2) is 0 Å². The highest BCUT2D eigenvalue weighted by molar-refractivity contribution is 5.94. The minimum Gasteiger partial charge on any atom is -0.481 e. The molecule has 0 saturated carbocycles. The van der Waals surface area contributed by atoms with E-state index in [0.29, 0.717) is 25.2 Å². The van der Waals surface area contributed by atoms with E-state index in [1.54, 1.807) is 17.0 Å². The molecule has 0 atom stereocenters. The maximum absolute atomic E-state index is 12.8. The Morgan fingerprint density at radius 1 is 1.30 bits per heavy atom. The lowest BCUT2D eigenvalue weighted by Gasteiger charge is -2.21. The number of anilines is 1. The number of likely N-dealkylation sites (N-methyl/N-ethyl adjacent to an activating group) is 1. The summed E-state index contributed by atoms with van der Waals surface area (Å²) in [6.07, 6.45) is 0.557. The maximum atomic E-state index is 12.8. The van der Waals surface area contributed by atoms with Gasteiger partial charge in [-0.1, -0.05) is 0 Å². The highest BCUT2D eigenvalue weighted by atomic mass is 19.1. The molecular formula is C14H19FN2O3. The number of benzene rings is 1. The summed E-state index contributed by atoms with van der Waals surface area (Å²) in [5, 5.41) is 11.4. The van der Waals surface area contributed by atoms with Crippen LogP contribution in [0.15, 0.2) is 24.3 Å². The maximum Gasteiger partial charge on any atom is 0.303 e. The van der Waals surface area contributed by atoms with Crippen LogP contribution in [0.5, 0.6) is 0 Å². The SMILES string of the molecule is CCN(C(=O)CNCCCC(=O)O)c1ccc(F)cc1. The van der Waals surface area contributed by atoms with Gasteiger partial charge in [0.25, 0.3) is 0 Å². The second-order valence-electron chi connectivity index (χ2n) is 4.29. The second kappa shape index (κ2) is 8.27. The molecule has 0 bridgehead atoms. The lowest BCUT2D eigenvalue weighted by Crippen LogP contribution is -2.38. The number of halogens is 1. The Labute approximate surface area is 117 Å². The van der Waals surface area contributed by atoms with Crippen molar-refractivity contribution < 1.29 is 19.1 Å². The number of hydrogen-bond acceptors (Lipinski definition) is 3. The molecule has 0 aliphatic carbocycles. The lowest BCUT2D eigenvalue weighted by molar-refractivity contribution is -0.137. The lowest BCUT2D eigenvalue weighted by atomic mass is 10.2. The molecule has 0 radical (unpaired) electrons. The molecule has 1 rings (SSSR count). The Bertz CT molecular complexity index is 448. The molecule has 0 unspecified atom stereocenters.